The Bertz CT molecular complexity index is 1910. The van der Waals surface area contributed by atoms with Gasteiger partial charge in [0.05, 0.1) is 0 Å². The molecule has 2 aliphatic heterocycles. The SMILES string of the molecule is O=c1cccc2n1CC1CC2CN(c2oc(-c3ccc(Br)cc3)nc2[P+](c2ccccc2)(c2ccccc2)c2ccccc2)C1. The molecule has 0 radical (unpaired) electrons. The number of piperidine rings is 1. The number of oxazole rings is 1. The van der Waals surface area contributed by atoms with E-state index in [4.69, 9.17) is 9.40 Å². The van der Waals surface area contributed by atoms with Gasteiger partial charge in [-0.2, -0.15) is 4.98 Å². The van der Waals surface area contributed by atoms with Crippen molar-refractivity contribution < 1.29 is 4.42 Å². The van der Waals surface area contributed by atoms with E-state index in [2.05, 4.69) is 130 Å². The maximum absolute atomic E-state index is 12.8. The summed E-state index contributed by atoms with van der Waals surface area (Å²) in [7, 11) is -2.53. The van der Waals surface area contributed by atoms with Crippen molar-refractivity contribution in [3.05, 3.63) is 154 Å². The third-order valence-corrected chi connectivity index (χ3v) is 13.9. The Morgan fingerprint density at radius 3 is 1.89 bits per heavy atom. The lowest BCUT2D eigenvalue weighted by Crippen LogP contribution is -2.49. The summed E-state index contributed by atoms with van der Waals surface area (Å²) in [6.45, 7) is 2.29. The molecular formula is C38H32BrN3O2P+. The Morgan fingerprint density at radius 2 is 1.29 bits per heavy atom. The molecule has 2 atom stereocenters. The van der Waals surface area contributed by atoms with E-state index in [1.165, 1.54) is 15.9 Å². The van der Waals surface area contributed by atoms with E-state index >= 15 is 0 Å². The maximum atomic E-state index is 12.8. The van der Waals surface area contributed by atoms with Crippen molar-refractivity contribution in [3.8, 4) is 11.5 Å². The summed E-state index contributed by atoms with van der Waals surface area (Å²) in [6.07, 6.45) is 1.07. The highest BCUT2D eigenvalue weighted by atomic mass is 79.9. The fraction of sp³-hybridized carbons (Fsp3) is 0.158. The van der Waals surface area contributed by atoms with Crippen LogP contribution in [0.2, 0.25) is 0 Å². The van der Waals surface area contributed by atoms with Crippen molar-refractivity contribution >= 4 is 50.4 Å². The number of anilines is 1. The zero-order valence-electron chi connectivity index (χ0n) is 24.7. The molecule has 2 aliphatic rings. The lowest BCUT2D eigenvalue weighted by atomic mass is 9.83. The second-order valence-corrected chi connectivity index (χ2v) is 16.2. The Morgan fingerprint density at radius 1 is 0.689 bits per heavy atom. The number of nitrogens with zero attached hydrogens (tertiary/aromatic N) is 3. The lowest BCUT2D eigenvalue weighted by molar-refractivity contribution is 0.275. The van der Waals surface area contributed by atoms with Crippen LogP contribution in [0.1, 0.15) is 18.0 Å². The van der Waals surface area contributed by atoms with E-state index in [-0.39, 0.29) is 11.5 Å². The smallest absolute Gasteiger partial charge is 0.262 e. The third-order valence-electron chi connectivity index (χ3n) is 9.20. The quantitative estimate of drug-likeness (QED) is 0.189. The molecule has 2 aromatic heterocycles. The molecule has 1 saturated heterocycles. The standard InChI is InChI=1S/C38H32BrN3O2P/c39-30-21-19-28(20-22-30)36-40-37(38(44-36)41-24-27-23-29(26-41)34-17-10-18-35(43)42(34)25-27)45(31-11-4-1-5-12-31,32-13-6-2-7-14-32)33-15-8-3-9-16-33/h1-22,27,29H,23-26H2/q+1. The topological polar surface area (TPSA) is 51.3 Å². The van der Waals surface area contributed by atoms with Gasteiger partial charge in [0.25, 0.3) is 16.9 Å². The van der Waals surface area contributed by atoms with Crippen LogP contribution in [0.25, 0.3) is 11.5 Å². The fourth-order valence-electron chi connectivity index (χ4n) is 7.28. The van der Waals surface area contributed by atoms with Crippen molar-refractivity contribution in [3.63, 3.8) is 0 Å². The van der Waals surface area contributed by atoms with Gasteiger partial charge in [0.15, 0.2) is 7.26 Å². The third kappa shape index (κ3) is 4.88. The second-order valence-electron chi connectivity index (χ2n) is 11.9. The summed E-state index contributed by atoms with van der Waals surface area (Å²) in [5.41, 5.74) is 3.13. The van der Waals surface area contributed by atoms with Crippen LogP contribution in [-0.2, 0) is 6.54 Å². The number of rotatable bonds is 6. The molecule has 0 saturated carbocycles. The number of hydrogen-bond donors (Lipinski definition) is 0. The molecule has 7 heteroatoms. The summed E-state index contributed by atoms with van der Waals surface area (Å²) in [5, 5.41) is 3.69. The molecule has 0 spiro atoms. The second kappa shape index (κ2) is 11.6. The van der Waals surface area contributed by atoms with Gasteiger partial charge < -0.3 is 13.9 Å². The molecule has 4 aromatic carbocycles. The Hall–Kier alpha value is -4.25. The van der Waals surface area contributed by atoms with Gasteiger partial charge in [0, 0.05) is 47.3 Å². The number of benzene rings is 4. The van der Waals surface area contributed by atoms with Crippen LogP contribution in [0, 0.1) is 5.92 Å². The van der Waals surface area contributed by atoms with Gasteiger partial charge in [0.2, 0.25) is 5.89 Å². The van der Waals surface area contributed by atoms with Crippen LogP contribution in [0.3, 0.4) is 0 Å². The number of pyridine rings is 1. The number of fused-ring (bicyclic) bond motifs is 4. The molecule has 222 valence electrons. The van der Waals surface area contributed by atoms with Gasteiger partial charge in [-0.25, -0.2) is 0 Å². The van der Waals surface area contributed by atoms with Crippen molar-refractivity contribution in [2.45, 2.75) is 18.9 Å². The molecule has 6 aromatic rings. The minimum atomic E-state index is -2.53. The summed E-state index contributed by atoms with van der Waals surface area (Å²) >= 11 is 3.59. The van der Waals surface area contributed by atoms with E-state index < -0.39 is 7.26 Å². The first-order valence-corrected chi connectivity index (χ1v) is 18.0. The van der Waals surface area contributed by atoms with E-state index in [9.17, 15) is 4.79 Å². The Kier molecular flexibility index (Phi) is 7.28. The molecule has 2 unspecified atom stereocenters. The van der Waals surface area contributed by atoms with Crippen LogP contribution in [0.4, 0.5) is 5.88 Å². The van der Waals surface area contributed by atoms with Crippen LogP contribution < -0.4 is 31.8 Å². The fourth-order valence-corrected chi connectivity index (χ4v) is 11.7. The first kappa shape index (κ1) is 28.2. The van der Waals surface area contributed by atoms with Crippen molar-refractivity contribution in [1.29, 1.82) is 0 Å². The molecule has 0 aliphatic carbocycles. The van der Waals surface area contributed by atoms with E-state index in [0.717, 1.165) is 53.1 Å². The molecule has 0 N–H and O–H groups in total. The van der Waals surface area contributed by atoms with Crippen molar-refractivity contribution in [2.24, 2.45) is 5.92 Å². The molecule has 8 rings (SSSR count). The average molecular weight is 674 g/mol. The summed E-state index contributed by atoms with van der Waals surface area (Å²) in [4.78, 5) is 20.7. The first-order chi connectivity index (χ1) is 22.1. The highest BCUT2D eigenvalue weighted by molar-refractivity contribution is 9.10. The number of hydrogen-bond acceptors (Lipinski definition) is 4. The van der Waals surface area contributed by atoms with Crippen molar-refractivity contribution in [2.75, 3.05) is 18.0 Å². The van der Waals surface area contributed by atoms with E-state index in [1.54, 1.807) is 6.07 Å². The summed E-state index contributed by atoms with van der Waals surface area (Å²) in [6, 6.07) is 46.4. The van der Waals surface area contributed by atoms with Crippen LogP contribution in [0.5, 0.6) is 0 Å². The molecule has 45 heavy (non-hydrogen) atoms. The lowest BCUT2D eigenvalue weighted by Gasteiger charge is -2.42. The highest BCUT2D eigenvalue weighted by Crippen LogP contribution is 2.56. The predicted octanol–water partition coefficient (Wildman–Crippen LogP) is 6.51. The molecule has 4 heterocycles. The van der Waals surface area contributed by atoms with Gasteiger partial charge >= 0.3 is 0 Å². The molecular weight excluding hydrogens is 641 g/mol. The normalized spacial score (nSPS) is 17.6. The summed E-state index contributed by atoms with van der Waals surface area (Å²) < 4.78 is 9.98. The Balaban J connectivity index is 1.39. The van der Waals surface area contributed by atoms with Gasteiger partial charge in [-0.1, -0.05) is 76.6 Å². The first-order valence-electron chi connectivity index (χ1n) is 15.4. The maximum Gasteiger partial charge on any atom is 0.262 e. The van der Waals surface area contributed by atoms with Crippen molar-refractivity contribution in [1.82, 2.24) is 9.55 Å². The predicted molar refractivity (Wildman–Crippen MR) is 188 cm³/mol. The molecule has 0 amide bonds. The monoisotopic (exact) mass is 672 g/mol. The zero-order valence-corrected chi connectivity index (χ0v) is 27.1. The Labute approximate surface area is 271 Å². The average Bonchev–Trinajstić information content (AvgIpc) is 3.53. The van der Waals surface area contributed by atoms with Crippen LogP contribution >= 0.6 is 23.2 Å². The zero-order chi connectivity index (χ0) is 30.4. The minimum absolute atomic E-state index is 0.0932. The van der Waals surface area contributed by atoms with E-state index in [1.807, 2.05) is 22.8 Å². The molecule has 1 fully saturated rings. The number of aromatic nitrogens is 2. The number of halogens is 1. The highest BCUT2D eigenvalue weighted by Gasteiger charge is 2.54. The largest absolute Gasteiger partial charge is 0.416 e. The van der Waals surface area contributed by atoms with Gasteiger partial charge in [-0.05, 0) is 79.1 Å². The summed E-state index contributed by atoms with van der Waals surface area (Å²) in [5.74, 6) is 2.02. The van der Waals surface area contributed by atoms with Gasteiger partial charge in [0.1, 0.15) is 15.9 Å². The van der Waals surface area contributed by atoms with Crippen LogP contribution in [-0.4, -0.2) is 22.6 Å². The molecule has 2 bridgehead atoms. The van der Waals surface area contributed by atoms with Crippen LogP contribution in [0.15, 0.2) is 147 Å². The van der Waals surface area contributed by atoms with Gasteiger partial charge in [-0.3, -0.25) is 4.79 Å². The van der Waals surface area contributed by atoms with E-state index in [0.29, 0.717) is 11.8 Å². The van der Waals surface area contributed by atoms with Gasteiger partial charge in [-0.15, -0.1) is 0 Å². The molecule has 5 nitrogen and oxygen atoms in total. The minimum Gasteiger partial charge on any atom is -0.416 e.